The van der Waals surface area contributed by atoms with Crippen molar-refractivity contribution in [1.82, 2.24) is 20.4 Å². The van der Waals surface area contributed by atoms with Crippen LogP contribution in [0, 0.1) is 0 Å². The molecule has 3 N–H and O–H groups in total. The lowest BCUT2D eigenvalue weighted by atomic mass is 10.1. The Morgan fingerprint density at radius 2 is 2.08 bits per heavy atom. The van der Waals surface area contributed by atoms with Crippen LogP contribution in [-0.4, -0.2) is 26.5 Å². The normalized spacial score (nSPS) is 10.0. The van der Waals surface area contributed by atoms with Gasteiger partial charge < -0.3 is 15.3 Å². The van der Waals surface area contributed by atoms with Crippen molar-refractivity contribution in [1.29, 1.82) is 0 Å². The Morgan fingerprint density at radius 1 is 1.21 bits per heavy atom. The Balaban J connectivity index is 0.00000208. The lowest BCUT2D eigenvalue weighted by Gasteiger charge is -2.05. The quantitative estimate of drug-likeness (QED) is 0.710. The first-order chi connectivity index (χ1) is 11.3. The molecule has 0 bridgehead atoms. The van der Waals surface area contributed by atoms with E-state index in [1.54, 1.807) is 30.5 Å². The summed E-state index contributed by atoms with van der Waals surface area (Å²) in [6.07, 6.45) is 1.69. The van der Waals surface area contributed by atoms with Crippen molar-refractivity contribution in [2.45, 2.75) is 12.4 Å². The predicted molar refractivity (Wildman–Crippen MR) is 88.3 cm³/mol. The number of aromatic nitrogens is 3. The van der Waals surface area contributed by atoms with Crippen LogP contribution in [0.15, 0.2) is 53.2 Å². The van der Waals surface area contributed by atoms with Crippen molar-refractivity contribution in [3.8, 4) is 11.4 Å². The Morgan fingerprint density at radius 3 is 2.79 bits per heavy atom. The highest BCUT2D eigenvalue weighted by Gasteiger charge is 2.11. The fourth-order valence-corrected chi connectivity index (χ4v) is 2.11. The van der Waals surface area contributed by atoms with Crippen LogP contribution in [0.25, 0.3) is 11.4 Å². The van der Waals surface area contributed by atoms with Gasteiger partial charge in [0, 0.05) is 17.3 Å². The fourth-order valence-electron chi connectivity index (χ4n) is 2.00. The summed E-state index contributed by atoms with van der Waals surface area (Å²) in [4.78, 5) is 20.5. The summed E-state index contributed by atoms with van der Waals surface area (Å²) in [6.45, 7) is 0.364. The van der Waals surface area contributed by atoms with Gasteiger partial charge in [-0.3, -0.25) is 9.78 Å². The lowest BCUT2D eigenvalue weighted by molar-refractivity contribution is 0.0950. The van der Waals surface area contributed by atoms with E-state index in [1.807, 2.05) is 18.2 Å². The zero-order chi connectivity index (χ0) is 16.1. The molecule has 24 heavy (non-hydrogen) atoms. The minimum atomic E-state index is -0.196. The van der Waals surface area contributed by atoms with Crippen molar-refractivity contribution in [2.75, 3.05) is 0 Å². The average Bonchev–Trinajstić information content (AvgIpc) is 3.10. The van der Waals surface area contributed by atoms with E-state index in [1.165, 1.54) is 0 Å². The van der Waals surface area contributed by atoms with Gasteiger partial charge in [0.25, 0.3) is 5.91 Å². The van der Waals surface area contributed by atoms with E-state index in [-0.39, 0.29) is 17.3 Å². The second kappa shape index (κ2) is 8.19. The first kappa shape index (κ1) is 17.6. The maximum absolute atomic E-state index is 12.2. The molecule has 0 spiro atoms. The van der Waals surface area contributed by atoms with Crippen LogP contribution in [0.1, 0.15) is 21.9 Å². The Kier molecular flexibility index (Phi) is 6.00. The average molecular weight is 347 g/mol. The van der Waals surface area contributed by atoms with Gasteiger partial charge in [0.2, 0.25) is 11.7 Å². The molecular weight excluding hydrogens is 332 g/mol. The summed E-state index contributed by atoms with van der Waals surface area (Å²) in [5.41, 5.74) is 1.99. The van der Waals surface area contributed by atoms with Crippen LogP contribution >= 0.6 is 11.6 Å². The first-order valence-electron chi connectivity index (χ1n) is 6.93. The lowest BCUT2D eigenvalue weighted by Crippen LogP contribution is -2.23. The monoisotopic (exact) mass is 346 g/mol. The third kappa shape index (κ3) is 4.15. The number of carbonyl (C=O) groups is 1. The highest BCUT2D eigenvalue weighted by Crippen LogP contribution is 2.18. The third-order valence-corrected chi connectivity index (χ3v) is 3.35. The second-order valence-electron chi connectivity index (χ2n) is 4.73. The number of nitrogens with one attached hydrogen (secondary N) is 1. The summed E-state index contributed by atoms with van der Waals surface area (Å²) in [5, 5.41) is 6.66. The predicted octanol–water partition coefficient (Wildman–Crippen LogP) is 1.98. The third-order valence-electron chi connectivity index (χ3n) is 3.12. The first-order valence-corrected chi connectivity index (χ1v) is 7.47. The molecule has 0 atom stereocenters. The minimum Gasteiger partial charge on any atom is -0.412 e. The number of benzene rings is 1. The van der Waals surface area contributed by atoms with Gasteiger partial charge >= 0.3 is 0 Å². The van der Waals surface area contributed by atoms with Gasteiger partial charge in [-0.1, -0.05) is 23.4 Å². The fraction of sp³-hybridized carbons (Fsp3) is 0.125. The summed E-state index contributed by atoms with van der Waals surface area (Å²) >= 11 is 5.64. The number of nitrogens with zero attached hydrogens (tertiary/aromatic N) is 3. The number of alkyl halides is 1. The van der Waals surface area contributed by atoms with Gasteiger partial charge in [0.05, 0.1) is 12.2 Å². The summed E-state index contributed by atoms with van der Waals surface area (Å²) in [6, 6.07) is 12.6. The molecule has 0 aliphatic heterocycles. The summed E-state index contributed by atoms with van der Waals surface area (Å²) < 4.78 is 4.97. The number of pyridine rings is 1. The topological polar surface area (TPSA) is 112 Å². The van der Waals surface area contributed by atoms with Crippen molar-refractivity contribution < 1.29 is 14.8 Å². The molecule has 0 radical (unpaired) electrons. The number of amides is 1. The van der Waals surface area contributed by atoms with Crippen molar-refractivity contribution in [3.05, 3.63) is 65.8 Å². The zero-order valence-corrected chi connectivity index (χ0v) is 13.3. The van der Waals surface area contributed by atoms with Crippen molar-refractivity contribution in [3.63, 3.8) is 0 Å². The molecule has 1 aromatic carbocycles. The molecule has 3 aromatic rings. The van der Waals surface area contributed by atoms with E-state index in [0.717, 1.165) is 5.69 Å². The molecule has 0 aliphatic carbocycles. The number of hydrogen-bond donors (Lipinski definition) is 1. The van der Waals surface area contributed by atoms with E-state index in [9.17, 15) is 4.79 Å². The Bertz CT molecular complexity index is 808. The molecule has 8 heteroatoms. The molecule has 124 valence electrons. The van der Waals surface area contributed by atoms with E-state index in [2.05, 4.69) is 20.4 Å². The molecule has 0 saturated heterocycles. The van der Waals surface area contributed by atoms with Gasteiger partial charge in [-0.05, 0) is 24.3 Å². The maximum atomic E-state index is 12.2. The molecule has 0 aliphatic rings. The number of hydrogen-bond acceptors (Lipinski definition) is 5. The van der Waals surface area contributed by atoms with Crippen LogP contribution in [0.3, 0.4) is 0 Å². The maximum Gasteiger partial charge on any atom is 0.251 e. The van der Waals surface area contributed by atoms with Gasteiger partial charge in [0.15, 0.2) is 0 Å². The standard InChI is InChI=1S/C16H13ClN4O2.H2O/c17-9-14-20-15(21-23-14)11-4-3-5-12(8-11)16(22)19-10-13-6-1-2-7-18-13;/h1-8H,9-10H2,(H,19,22);1H2. The Labute approximate surface area is 143 Å². The van der Waals surface area contributed by atoms with Crippen molar-refractivity contribution >= 4 is 17.5 Å². The van der Waals surface area contributed by atoms with Crippen LogP contribution in [0.4, 0.5) is 0 Å². The molecule has 3 rings (SSSR count). The highest BCUT2D eigenvalue weighted by atomic mass is 35.5. The van der Waals surface area contributed by atoms with E-state index in [4.69, 9.17) is 16.1 Å². The number of halogens is 1. The van der Waals surface area contributed by atoms with Crippen LogP contribution < -0.4 is 5.32 Å². The van der Waals surface area contributed by atoms with E-state index < -0.39 is 0 Å². The molecular formula is C16H15ClN4O3. The van der Waals surface area contributed by atoms with Gasteiger partial charge in [0.1, 0.15) is 5.88 Å². The molecule has 1 amide bonds. The summed E-state index contributed by atoms with van der Waals surface area (Å²) in [7, 11) is 0. The van der Waals surface area contributed by atoms with E-state index >= 15 is 0 Å². The van der Waals surface area contributed by atoms with Crippen LogP contribution in [0.5, 0.6) is 0 Å². The van der Waals surface area contributed by atoms with Crippen molar-refractivity contribution in [2.24, 2.45) is 0 Å². The summed E-state index contributed by atoms with van der Waals surface area (Å²) in [5.74, 6) is 0.697. The largest absolute Gasteiger partial charge is 0.412 e. The molecule has 7 nitrogen and oxygen atoms in total. The molecule has 0 unspecified atom stereocenters. The minimum absolute atomic E-state index is 0. The highest BCUT2D eigenvalue weighted by molar-refractivity contribution is 6.16. The van der Waals surface area contributed by atoms with E-state index in [0.29, 0.717) is 29.4 Å². The van der Waals surface area contributed by atoms with Gasteiger partial charge in [-0.25, -0.2) is 0 Å². The van der Waals surface area contributed by atoms with Gasteiger partial charge in [-0.15, -0.1) is 11.6 Å². The molecule has 2 aromatic heterocycles. The number of carbonyl (C=O) groups excluding carboxylic acids is 1. The molecule has 0 saturated carbocycles. The Hall–Kier alpha value is -2.77. The SMILES string of the molecule is O.O=C(NCc1ccccn1)c1cccc(-c2noc(CCl)n2)c1. The van der Waals surface area contributed by atoms with Crippen LogP contribution in [-0.2, 0) is 12.4 Å². The zero-order valence-electron chi connectivity index (χ0n) is 12.6. The molecule has 0 fully saturated rings. The molecule has 2 heterocycles. The second-order valence-corrected chi connectivity index (χ2v) is 5.00. The number of rotatable bonds is 5. The van der Waals surface area contributed by atoms with Crippen LogP contribution in [0.2, 0.25) is 0 Å². The smallest absolute Gasteiger partial charge is 0.251 e. The van der Waals surface area contributed by atoms with Gasteiger partial charge in [-0.2, -0.15) is 4.98 Å².